The molecule has 0 spiro atoms. The molecule has 15 heavy (non-hydrogen) atoms. The van der Waals surface area contributed by atoms with Gasteiger partial charge in [0, 0.05) is 11.8 Å². The minimum absolute atomic E-state index is 0.844. The summed E-state index contributed by atoms with van der Waals surface area (Å²) >= 11 is 5.84. The minimum atomic E-state index is 0.844. The number of imidazole rings is 1. The smallest absolute Gasteiger partial charge is 0.166 e. The van der Waals surface area contributed by atoms with E-state index in [9.17, 15) is 0 Å². The number of thiol groups is 1. The van der Waals surface area contributed by atoms with E-state index < -0.39 is 0 Å². The second kappa shape index (κ2) is 4.81. The lowest BCUT2D eigenvalue weighted by molar-refractivity contribution is 0.415. The third-order valence-corrected chi connectivity index (χ3v) is 3.40. The number of benzene rings is 1. The number of ether oxygens (including phenoxy) is 1. The standard InChI is InChI=1S/C10H12N2OS2/c1-13-7-2-3-8-9(6-7)12-10(11-8)15-5-4-14/h2-3,6,14H,4-5H2,1H3,(H,11,12). The largest absolute Gasteiger partial charge is 0.497 e. The van der Waals surface area contributed by atoms with E-state index in [1.807, 2.05) is 18.2 Å². The maximum atomic E-state index is 5.15. The summed E-state index contributed by atoms with van der Waals surface area (Å²) < 4.78 is 5.15. The Morgan fingerprint density at radius 1 is 1.53 bits per heavy atom. The van der Waals surface area contributed by atoms with E-state index in [-0.39, 0.29) is 0 Å². The first-order chi connectivity index (χ1) is 7.33. The van der Waals surface area contributed by atoms with Crippen LogP contribution < -0.4 is 4.74 Å². The molecule has 0 unspecified atom stereocenters. The molecule has 0 amide bonds. The molecule has 1 aromatic heterocycles. The van der Waals surface area contributed by atoms with Gasteiger partial charge in [0.05, 0.1) is 18.1 Å². The molecule has 0 aliphatic rings. The highest BCUT2D eigenvalue weighted by atomic mass is 32.2. The van der Waals surface area contributed by atoms with Crippen molar-refractivity contribution in [3.8, 4) is 5.75 Å². The van der Waals surface area contributed by atoms with Crippen LogP contribution in [0.4, 0.5) is 0 Å². The molecule has 0 aliphatic carbocycles. The molecule has 1 aromatic carbocycles. The van der Waals surface area contributed by atoms with Gasteiger partial charge in [0.15, 0.2) is 5.16 Å². The van der Waals surface area contributed by atoms with Crippen LogP contribution in [0, 0.1) is 0 Å². The zero-order valence-electron chi connectivity index (χ0n) is 8.36. The lowest BCUT2D eigenvalue weighted by Crippen LogP contribution is -1.81. The number of methoxy groups -OCH3 is 1. The average Bonchev–Trinajstić information content (AvgIpc) is 2.67. The first kappa shape index (κ1) is 10.7. The molecule has 80 valence electrons. The fourth-order valence-electron chi connectivity index (χ4n) is 1.30. The second-order valence-corrected chi connectivity index (χ2v) is 4.53. The molecule has 0 saturated carbocycles. The van der Waals surface area contributed by atoms with Gasteiger partial charge in [0.1, 0.15) is 5.75 Å². The van der Waals surface area contributed by atoms with Crippen LogP contribution in [0.3, 0.4) is 0 Å². The molecule has 0 bridgehead atoms. The molecule has 5 heteroatoms. The highest BCUT2D eigenvalue weighted by Gasteiger charge is 2.03. The number of nitrogens with zero attached hydrogens (tertiary/aromatic N) is 1. The summed E-state index contributed by atoms with van der Waals surface area (Å²) in [5, 5.41) is 0.937. The topological polar surface area (TPSA) is 37.9 Å². The van der Waals surface area contributed by atoms with Gasteiger partial charge in [-0.15, -0.1) is 0 Å². The van der Waals surface area contributed by atoms with Crippen LogP contribution in [0.15, 0.2) is 23.4 Å². The Bertz CT molecular complexity index is 456. The van der Waals surface area contributed by atoms with Crippen molar-refractivity contribution in [3.05, 3.63) is 18.2 Å². The van der Waals surface area contributed by atoms with E-state index >= 15 is 0 Å². The number of rotatable bonds is 4. The van der Waals surface area contributed by atoms with Crippen molar-refractivity contribution in [1.29, 1.82) is 0 Å². The number of aromatic amines is 1. The number of hydrogen-bond donors (Lipinski definition) is 2. The van der Waals surface area contributed by atoms with Crippen molar-refractivity contribution < 1.29 is 4.74 Å². The van der Waals surface area contributed by atoms with E-state index in [2.05, 4.69) is 22.6 Å². The lowest BCUT2D eigenvalue weighted by Gasteiger charge is -1.96. The highest BCUT2D eigenvalue weighted by Crippen LogP contribution is 2.22. The van der Waals surface area contributed by atoms with Crippen molar-refractivity contribution in [2.75, 3.05) is 18.6 Å². The molecule has 0 aliphatic heterocycles. The van der Waals surface area contributed by atoms with Crippen molar-refractivity contribution in [2.45, 2.75) is 5.16 Å². The van der Waals surface area contributed by atoms with Crippen LogP contribution in [-0.2, 0) is 0 Å². The summed E-state index contributed by atoms with van der Waals surface area (Å²) in [6.07, 6.45) is 0. The quantitative estimate of drug-likeness (QED) is 0.637. The van der Waals surface area contributed by atoms with Gasteiger partial charge in [0.25, 0.3) is 0 Å². The summed E-state index contributed by atoms with van der Waals surface area (Å²) in [5.41, 5.74) is 1.98. The first-order valence-corrected chi connectivity index (χ1v) is 6.22. The summed E-state index contributed by atoms with van der Waals surface area (Å²) in [6.45, 7) is 0. The fourth-order valence-corrected chi connectivity index (χ4v) is 2.21. The highest BCUT2D eigenvalue weighted by molar-refractivity contribution is 7.99. The lowest BCUT2D eigenvalue weighted by atomic mass is 10.3. The zero-order valence-corrected chi connectivity index (χ0v) is 10.1. The Morgan fingerprint density at radius 2 is 2.40 bits per heavy atom. The first-order valence-electron chi connectivity index (χ1n) is 4.61. The van der Waals surface area contributed by atoms with E-state index in [4.69, 9.17) is 4.74 Å². The number of fused-ring (bicyclic) bond motifs is 1. The van der Waals surface area contributed by atoms with Crippen LogP contribution in [0.5, 0.6) is 5.75 Å². The van der Waals surface area contributed by atoms with Crippen molar-refractivity contribution in [3.63, 3.8) is 0 Å². The van der Waals surface area contributed by atoms with Gasteiger partial charge in [-0.1, -0.05) is 11.8 Å². The average molecular weight is 240 g/mol. The molecule has 1 N–H and O–H groups in total. The minimum Gasteiger partial charge on any atom is -0.497 e. The molecule has 2 rings (SSSR count). The number of thioether (sulfide) groups is 1. The van der Waals surface area contributed by atoms with Gasteiger partial charge in [-0.25, -0.2) is 4.98 Å². The maximum Gasteiger partial charge on any atom is 0.166 e. The van der Waals surface area contributed by atoms with Gasteiger partial charge in [-0.05, 0) is 17.9 Å². The number of hydrogen-bond acceptors (Lipinski definition) is 4. The molecule has 0 fully saturated rings. The van der Waals surface area contributed by atoms with Gasteiger partial charge in [-0.3, -0.25) is 0 Å². The molecule has 3 nitrogen and oxygen atoms in total. The van der Waals surface area contributed by atoms with Gasteiger partial charge in [0.2, 0.25) is 0 Å². The third-order valence-electron chi connectivity index (χ3n) is 2.00. The van der Waals surface area contributed by atoms with Crippen LogP contribution in [0.25, 0.3) is 11.0 Å². The van der Waals surface area contributed by atoms with Gasteiger partial charge < -0.3 is 9.72 Å². The van der Waals surface area contributed by atoms with Crippen molar-refractivity contribution in [2.24, 2.45) is 0 Å². The number of H-pyrrole nitrogens is 1. The maximum absolute atomic E-state index is 5.15. The summed E-state index contributed by atoms with van der Waals surface area (Å²) in [7, 11) is 1.66. The van der Waals surface area contributed by atoms with Crippen molar-refractivity contribution in [1.82, 2.24) is 9.97 Å². The number of aromatic nitrogens is 2. The van der Waals surface area contributed by atoms with Crippen LogP contribution in [0.2, 0.25) is 0 Å². The van der Waals surface area contributed by atoms with Crippen molar-refractivity contribution >= 4 is 35.4 Å². The molecule has 1 heterocycles. The molecule has 0 atom stereocenters. The van der Waals surface area contributed by atoms with Crippen LogP contribution >= 0.6 is 24.4 Å². The second-order valence-electron chi connectivity index (χ2n) is 3.00. The van der Waals surface area contributed by atoms with E-state index in [0.29, 0.717) is 0 Å². The van der Waals surface area contributed by atoms with E-state index in [1.54, 1.807) is 18.9 Å². The Balaban J connectivity index is 2.29. The summed E-state index contributed by atoms with van der Waals surface area (Å²) in [4.78, 5) is 7.69. The van der Waals surface area contributed by atoms with Crippen LogP contribution in [-0.4, -0.2) is 28.6 Å². The fraction of sp³-hybridized carbons (Fsp3) is 0.300. The Labute approximate surface area is 98.0 Å². The van der Waals surface area contributed by atoms with Gasteiger partial charge in [-0.2, -0.15) is 12.6 Å². The monoisotopic (exact) mass is 240 g/mol. The van der Waals surface area contributed by atoms with E-state index in [0.717, 1.165) is 33.4 Å². The molecule has 0 saturated heterocycles. The zero-order chi connectivity index (χ0) is 10.7. The summed E-state index contributed by atoms with van der Waals surface area (Å²) in [6, 6.07) is 5.82. The normalized spacial score (nSPS) is 10.8. The predicted octanol–water partition coefficient (Wildman–Crippen LogP) is 2.59. The van der Waals surface area contributed by atoms with E-state index in [1.165, 1.54) is 0 Å². The van der Waals surface area contributed by atoms with Crippen LogP contribution in [0.1, 0.15) is 0 Å². The molecule has 2 aromatic rings. The third kappa shape index (κ3) is 2.41. The van der Waals surface area contributed by atoms with Gasteiger partial charge >= 0.3 is 0 Å². The predicted molar refractivity (Wildman–Crippen MR) is 67.2 cm³/mol. The molecular weight excluding hydrogens is 228 g/mol. The molecular formula is C10H12N2OS2. The molecule has 0 radical (unpaired) electrons. The summed E-state index contributed by atoms with van der Waals surface area (Å²) in [5.74, 6) is 2.65. The SMILES string of the molecule is COc1ccc2nc(SCCS)[nH]c2c1. The Hall–Kier alpha value is -0.810. The Morgan fingerprint density at radius 3 is 3.13 bits per heavy atom. The Kier molecular flexibility index (Phi) is 3.43. The number of nitrogens with one attached hydrogen (secondary N) is 1.